The van der Waals surface area contributed by atoms with Gasteiger partial charge in [0.2, 0.25) is 0 Å². The third-order valence-corrected chi connectivity index (χ3v) is 4.71. The summed E-state index contributed by atoms with van der Waals surface area (Å²) < 4.78 is 26.9. The van der Waals surface area contributed by atoms with Gasteiger partial charge in [0.05, 0.1) is 16.9 Å². The van der Waals surface area contributed by atoms with Gasteiger partial charge in [-0.3, -0.25) is 9.82 Å². The number of nitrogens with one attached hydrogen (secondary N) is 3. The lowest BCUT2D eigenvalue weighted by molar-refractivity contribution is 0.601. The molecule has 0 saturated carbocycles. The van der Waals surface area contributed by atoms with Gasteiger partial charge in [0.25, 0.3) is 10.0 Å². The Morgan fingerprint density at radius 2 is 2.05 bits per heavy atom. The second kappa shape index (κ2) is 6.01. The van der Waals surface area contributed by atoms with E-state index < -0.39 is 10.0 Å². The van der Waals surface area contributed by atoms with E-state index in [1.807, 2.05) is 0 Å². The fourth-order valence-electron chi connectivity index (χ4n) is 1.62. The van der Waals surface area contributed by atoms with Crippen molar-refractivity contribution < 1.29 is 8.42 Å². The first kappa shape index (κ1) is 15.1. The molecule has 108 valence electrons. The molecule has 0 aliphatic heterocycles. The predicted octanol–water partition coefficient (Wildman–Crippen LogP) is 2.24. The number of benzene rings is 1. The van der Waals surface area contributed by atoms with E-state index in [-0.39, 0.29) is 9.92 Å². The number of sulfonamides is 1. The second-order valence-electron chi connectivity index (χ2n) is 4.00. The summed E-state index contributed by atoms with van der Waals surface area (Å²) in [4.78, 5) is -0.0324. The zero-order valence-electron chi connectivity index (χ0n) is 10.4. The van der Waals surface area contributed by atoms with Crippen LogP contribution < -0.4 is 10.0 Å². The average Bonchev–Trinajstić information content (AvgIpc) is 2.84. The van der Waals surface area contributed by atoms with Crippen LogP contribution in [0.4, 0.5) is 5.69 Å². The average molecular weight is 335 g/mol. The van der Waals surface area contributed by atoms with E-state index in [4.69, 9.17) is 23.2 Å². The quantitative estimate of drug-likeness (QED) is 0.782. The van der Waals surface area contributed by atoms with Gasteiger partial charge in [-0.15, -0.1) is 0 Å². The van der Waals surface area contributed by atoms with Gasteiger partial charge in [0.1, 0.15) is 4.90 Å². The van der Waals surface area contributed by atoms with Crippen molar-refractivity contribution in [3.63, 3.8) is 0 Å². The van der Waals surface area contributed by atoms with E-state index in [1.54, 1.807) is 7.05 Å². The normalized spacial score (nSPS) is 11.6. The van der Waals surface area contributed by atoms with Crippen LogP contribution >= 0.6 is 23.2 Å². The highest BCUT2D eigenvalue weighted by Crippen LogP contribution is 2.29. The van der Waals surface area contributed by atoms with Crippen LogP contribution in [0.3, 0.4) is 0 Å². The molecule has 1 heterocycles. The maximum Gasteiger partial charge on any atom is 0.263 e. The molecule has 2 aromatic rings. The van der Waals surface area contributed by atoms with E-state index in [0.717, 1.165) is 0 Å². The summed E-state index contributed by atoms with van der Waals surface area (Å²) in [5, 5.41) is 9.57. The number of hydrogen-bond donors (Lipinski definition) is 3. The SMILES string of the molecule is CNCc1cc(S(=O)(=O)Nc2cn[nH]c2)c(Cl)cc1Cl. The summed E-state index contributed by atoms with van der Waals surface area (Å²) in [5.41, 5.74) is 0.970. The van der Waals surface area contributed by atoms with Gasteiger partial charge in [-0.2, -0.15) is 5.10 Å². The number of aromatic amines is 1. The van der Waals surface area contributed by atoms with Crippen LogP contribution in [0.15, 0.2) is 29.4 Å². The molecule has 0 amide bonds. The predicted molar refractivity (Wildman–Crippen MR) is 78.6 cm³/mol. The smallest absolute Gasteiger partial charge is 0.263 e. The lowest BCUT2D eigenvalue weighted by Gasteiger charge is -2.11. The Bertz CT molecular complexity index is 701. The fourth-order valence-corrected chi connectivity index (χ4v) is 3.52. The van der Waals surface area contributed by atoms with Crippen LogP contribution in [0.5, 0.6) is 0 Å². The Kier molecular flexibility index (Phi) is 4.54. The summed E-state index contributed by atoms with van der Waals surface area (Å²) in [7, 11) is -2.06. The minimum absolute atomic E-state index is 0.0324. The molecule has 20 heavy (non-hydrogen) atoms. The number of rotatable bonds is 5. The summed E-state index contributed by atoms with van der Waals surface area (Å²) in [5.74, 6) is 0. The minimum atomic E-state index is -3.80. The lowest BCUT2D eigenvalue weighted by Crippen LogP contribution is -2.14. The largest absolute Gasteiger partial charge is 0.316 e. The highest BCUT2D eigenvalue weighted by molar-refractivity contribution is 7.92. The van der Waals surface area contributed by atoms with Crippen molar-refractivity contribution in [2.75, 3.05) is 11.8 Å². The number of H-pyrrole nitrogens is 1. The van der Waals surface area contributed by atoms with E-state index in [0.29, 0.717) is 22.8 Å². The molecule has 0 aliphatic rings. The first-order valence-electron chi connectivity index (χ1n) is 5.58. The van der Waals surface area contributed by atoms with Crippen LogP contribution in [-0.4, -0.2) is 25.7 Å². The van der Waals surface area contributed by atoms with Gasteiger partial charge in [0.15, 0.2) is 0 Å². The van der Waals surface area contributed by atoms with Crippen molar-refractivity contribution in [2.24, 2.45) is 0 Å². The molecular formula is C11H12Cl2N4O2S. The van der Waals surface area contributed by atoms with Crippen molar-refractivity contribution in [2.45, 2.75) is 11.4 Å². The van der Waals surface area contributed by atoms with Crippen molar-refractivity contribution in [1.29, 1.82) is 0 Å². The van der Waals surface area contributed by atoms with Crippen molar-refractivity contribution >= 4 is 38.9 Å². The Morgan fingerprint density at radius 3 is 2.65 bits per heavy atom. The summed E-state index contributed by atoms with van der Waals surface area (Å²) in [6, 6.07) is 2.86. The molecule has 9 heteroatoms. The number of hydrogen-bond acceptors (Lipinski definition) is 4. The number of halogens is 2. The first-order valence-corrected chi connectivity index (χ1v) is 7.82. The van der Waals surface area contributed by atoms with Crippen LogP contribution in [0.2, 0.25) is 10.0 Å². The van der Waals surface area contributed by atoms with Gasteiger partial charge in [0, 0.05) is 17.8 Å². The van der Waals surface area contributed by atoms with Crippen LogP contribution in [0.1, 0.15) is 5.56 Å². The zero-order chi connectivity index (χ0) is 14.8. The molecule has 1 aromatic heterocycles. The zero-order valence-corrected chi connectivity index (χ0v) is 12.8. The van der Waals surface area contributed by atoms with Gasteiger partial charge >= 0.3 is 0 Å². The molecular weight excluding hydrogens is 323 g/mol. The third kappa shape index (κ3) is 3.24. The molecule has 3 N–H and O–H groups in total. The van der Waals surface area contributed by atoms with Crippen molar-refractivity contribution in [3.8, 4) is 0 Å². The molecule has 0 saturated heterocycles. The summed E-state index contributed by atoms with van der Waals surface area (Å²) >= 11 is 12.0. The second-order valence-corrected chi connectivity index (χ2v) is 6.46. The molecule has 0 spiro atoms. The minimum Gasteiger partial charge on any atom is -0.316 e. The third-order valence-electron chi connectivity index (χ3n) is 2.51. The molecule has 2 rings (SSSR count). The van der Waals surface area contributed by atoms with Crippen molar-refractivity contribution in [3.05, 3.63) is 40.1 Å². The van der Waals surface area contributed by atoms with E-state index in [1.165, 1.54) is 24.5 Å². The molecule has 0 fully saturated rings. The molecule has 0 atom stereocenters. The van der Waals surface area contributed by atoms with Gasteiger partial charge < -0.3 is 5.32 Å². The van der Waals surface area contributed by atoms with Gasteiger partial charge in [-0.05, 0) is 24.7 Å². The monoisotopic (exact) mass is 334 g/mol. The topological polar surface area (TPSA) is 86.9 Å². The maximum atomic E-state index is 12.3. The molecule has 1 aromatic carbocycles. The molecule has 0 radical (unpaired) electrons. The van der Waals surface area contributed by atoms with Crippen LogP contribution in [0, 0.1) is 0 Å². The lowest BCUT2D eigenvalue weighted by atomic mass is 10.2. The highest BCUT2D eigenvalue weighted by atomic mass is 35.5. The molecule has 0 unspecified atom stereocenters. The highest BCUT2D eigenvalue weighted by Gasteiger charge is 2.20. The summed E-state index contributed by atoms with van der Waals surface area (Å²) in [6.07, 6.45) is 2.78. The first-order chi connectivity index (χ1) is 9.44. The Balaban J connectivity index is 2.43. The van der Waals surface area contributed by atoms with E-state index >= 15 is 0 Å². The maximum absolute atomic E-state index is 12.3. The molecule has 6 nitrogen and oxygen atoms in total. The molecule has 0 bridgehead atoms. The molecule has 0 aliphatic carbocycles. The van der Waals surface area contributed by atoms with E-state index in [9.17, 15) is 8.42 Å². The van der Waals surface area contributed by atoms with E-state index in [2.05, 4.69) is 20.2 Å². The number of nitrogens with zero attached hydrogens (tertiary/aromatic N) is 1. The Morgan fingerprint density at radius 1 is 1.30 bits per heavy atom. The van der Waals surface area contributed by atoms with Gasteiger partial charge in [-0.25, -0.2) is 8.42 Å². The van der Waals surface area contributed by atoms with Crippen LogP contribution in [-0.2, 0) is 16.6 Å². The summed E-state index contributed by atoms with van der Waals surface area (Å²) in [6.45, 7) is 0.435. The van der Waals surface area contributed by atoms with Crippen molar-refractivity contribution in [1.82, 2.24) is 15.5 Å². The van der Waals surface area contributed by atoms with Gasteiger partial charge in [-0.1, -0.05) is 23.2 Å². The van der Waals surface area contributed by atoms with Crippen LogP contribution in [0.25, 0.3) is 0 Å². The number of aromatic nitrogens is 2. The number of anilines is 1. The standard InChI is InChI=1S/C11H12Cl2N4O2S/c1-14-4-7-2-11(10(13)3-9(7)12)20(18,19)17-8-5-15-16-6-8/h2-3,5-6,14,17H,4H2,1H3,(H,15,16). The Labute approximate surface area is 126 Å². The fraction of sp³-hybridized carbons (Fsp3) is 0.182. The Hall–Kier alpha value is -1.28.